The summed E-state index contributed by atoms with van der Waals surface area (Å²) in [5.41, 5.74) is 0. The van der Waals surface area contributed by atoms with E-state index in [1.807, 2.05) is 6.07 Å². The lowest BCUT2D eigenvalue weighted by molar-refractivity contribution is 0.572. The molecule has 10 heavy (non-hydrogen) atoms. The average Bonchev–Trinajstić information content (AvgIpc) is 2.36. The molecule has 0 amide bonds. The fourth-order valence-corrected chi connectivity index (χ4v) is 1.07. The van der Waals surface area contributed by atoms with E-state index >= 15 is 0 Å². The molecule has 2 nitrogen and oxygen atoms in total. The van der Waals surface area contributed by atoms with Crippen molar-refractivity contribution >= 4 is 22.4 Å². The normalized spacial score (nSPS) is 10.5. The van der Waals surface area contributed by atoms with Crippen LogP contribution in [0.4, 0.5) is 0 Å². The first kappa shape index (κ1) is 5.74. The second-order valence-electron chi connectivity index (χ2n) is 1.98. The van der Waals surface area contributed by atoms with Crippen LogP contribution in [0.15, 0.2) is 29.2 Å². The Morgan fingerprint density at radius 3 is 3.10 bits per heavy atom. The molecule has 2 aromatic heterocycles. The summed E-state index contributed by atoms with van der Waals surface area (Å²) in [5.74, 6) is 0. The van der Waals surface area contributed by atoms with Gasteiger partial charge in [0.1, 0.15) is 11.4 Å². The number of fused-ring (bicyclic) bond motifs is 1. The molecule has 0 saturated heterocycles. The minimum atomic E-state index is 0.492. The molecule has 2 rings (SSSR count). The first-order chi connectivity index (χ1) is 4.88. The zero-order valence-electron chi connectivity index (χ0n) is 5.04. The molecule has 0 aliphatic carbocycles. The summed E-state index contributed by atoms with van der Waals surface area (Å²) in [7, 11) is 0. The van der Waals surface area contributed by atoms with Gasteiger partial charge in [-0.2, -0.15) is 0 Å². The first-order valence-corrected chi connectivity index (χ1v) is 3.22. The maximum atomic E-state index is 5.73. The third-order valence-corrected chi connectivity index (χ3v) is 1.66. The molecule has 0 aromatic carbocycles. The van der Waals surface area contributed by atoms with E-state index in [1.165, 1.54) is 0 Å². The minimum Gasteiger partial charge on any atom is -0.471 e. The third kappa shape index (κ3) is 0.693. The molecule has 0 bridgehead atoms. The highest BCUT2D eigenvalue weighted by molar-refractivity contribution is 6.34. The van der Waals surface area contributed by atoms with Gasteiger partial charge in [-0.1, -0.05) is 11.6 Å². The number of pyridine rings is 1. The fourth-order valence-electron chi connectivity index (χ4n) is 0.856. The number of rotatable bonds is 0. The number of nitrogens with zero attached hydrogens (tertiary/aromatic N) is 1. The molecular weight excluding hydrogens is 150 g/mol. The number of halogens is 1. The monoisotopic (exact) mass is 153 g/mol. The van der Waals surface area contributed by atoms with E-state index in [1.54, 1.807) is 18.7 Å². The molecule has 0 spiro atoms. The zero-order valence-corrected chi connectivity index (χ0v) is 5.80. The van der Waals surface area contributed by atoms with Gasteiger partial charge in [-0.3, -0.25) is 0 Å². The van der Waals surface area contributed by atoms with Crippen LogP contribution in [0.5, 0.6) is 0 Å². The van der Waals surface area contributed by atoms with Gasteiger partial charge in [0.05, 0.1) is 11.6 Å². The summed E-state index contributed by atoms with van der Waals surface area (Å²) in [6.07, 6.45) is 4.88. The maximum absolute atomic E-state index is 5.73. The third-order valence-electron chi connectivity index (χ3n) is 1.36. The quantitative estimate of drug-likeness (QED) is 0.544. The Bertz CT molecular complexity index is 355. The highest BCUT2D eigenvalue weighted by atomic mass is 35.5. The molecule has 0 aliphatic heterocycles. The van der Waals surface area contributed by atoms with Crippen LogP contribution in [0, 0.1) is 0 Å². The van der Waals surface area contributed by atoms with Crippen molar-refractivity contribution < 1.29 is 4.42 Å². The van der Waals surface area contributed by atoms with Gasteiger partial charge in [0.2, 0.25) is 0 Å². The van der Waals surface area contributed by atoms with Crippen molar-refractivity contribution in [1.82, 2.24) is 4.98 Å². The molecule has 0 saturated carbocycles. The lowest BCUT2D eigenvalue weighted by atomic mass is 10.3. The van der Waals surface area contributed by atoms with Gasteiger partial charge in [0, 0.05) is 11.6 Å². The predicted octanol–water partition coefficient (Wildman–Crippen LogP) is 2.48. The van der Waals surface area contributed by atoms with Gasteiger partial charge in [0.25, 0.3) is 0 Å². The summed E-state index contributed by atoms with van der Waals surface area (Å²) < 4.78 is 4.92. The van der Waals surface area contributed by atoms with Crippen molar-refractivity contribution in [2.24, 2.45) is 0 Å². The lowest BCUT2D eigenvalue weighted by Crippen LogP contribution is -1.71. The molecule has 2 aromatic rings. The van der Waals surface area contributed by atoms with E-state index in [-0.39, 0.29) is 0 Å². The Labute approximate surface area is 62.4 Å². The van der Waals surface area contributed by atoms with E-state index in [0.29, 0.717) is 5.15 Å². The summed E-state index contributed by atoms with van der Waals surface area (Å²) in [4.78, 5) is 3.88. The number of hydrogen-bond acceptors (Lipinski definition) is 2. The molecule has 0 atom stereocenters. The summed E-state index contributed by atoms with van der Waals surface area (Å²) in [6.45, 7) is 0. The Kier molecular flexibility index (Phi) is 1.14. The SMILES string of the molecule is Clc1nccc2cocc12. The second-order valence-corrected chi connectivity index (χ2v) is 2.33. The van der Waals surface area contributed by atoms with Crippen molar-refractivity contribution in [3.8, 4) is 0 Å². The predicted molar refractivity (Wildman–Crippen MR) is 39.0 cm³/mol. The summed E-state index contributed by atoms with van der Waals surface area (Å²) in [6, 6.07) is 1.85. The largest absolute Gasteiger partial charge is 0.471 e. The summed E-state index contributed by atoms with van der Waals surface area (Å²) in [5, 5.41) is 2.34. The van der Waals surface area contributed by atoms with E-state index in [9.17, 15) is 0 Å². The van der Waals surface area contributed by atoms with Crippen molar-refractivity contribution in [3.63, 3.8) is 0 Å². The van der Waals surface area contributed by atoms with Crippen molar-refractivity contribution in [2.75, 3.05) is 0 Å². The number of furan rings is 1. The van der Waals surface area contributed by atoms with Gasteiger partial charge in [-0.05, 0) is 6.07 Å². The fraction of sp³-hybridized carbons (Fsp3) is 0. The van der Waals surface area contributed by atoms with E-state index in [2.05, 4.69) is 4.98 Å². The Morgan fingerprint density at radius 2 is 2.30 bits per heavy atom. The Hall–Kier alpha value is -1.02. The van der Waals surface area contributed by atoms with Crippen LogP contribution < -0.4 is 0 Å². The van der Waals surface area contributed by atoms with Gasteiger partial charge in [-0.25, -0.2) is 4.98 Å². The molecule has 50 valence electrons. The van der Waals surface area contributed by atoms with E-state index in [4.69, 9.17) is 16.0 Å². The standard InChI is InChI=1S/C7H4ClNO/c8-7-6-4-10-3-5(6)1-2-9-7/h1-4H. The highest BCUT2D eigenvalue weighted by Gasteiger charge is 1.99. The zero-order chi connectivity index (χ0) is 6.97. The molecule has 2 heterocycles. The van der Waals surface area contributed by atoms with E-state index < -0.39 is 0 Å². The molecule has 0 aliphatic rings. The van der Waals surface area contributed by atoms with Crippen LogP contribution in [0.3, 0.4) is 0 Å². The van der Waals surface area contributed by atoms with Gasteiger partial charge < -0.3 is 4.42 Å². The van der Waals surface area contributed by atoms with Crippen LogP contribution in [-0.2, 0) is 0 Å². The van der Waals surface area contributed by atoms with Crippen molar-refractivity contribution in [2.45, 2.75) is 0 Å². The highest BCUT2D eigenvalue weighted by Crippen LogP contribution is 2.20. The first-order valence-electron chi connectivity index (χ1n) is 2.84. The smallest absolute Gasteiger partial charge is 0.140 e. The van der Waals surface area contributed by atoms with Gasteiger partial charge >= 0.3 is 0 Å². The van der Waals surface area contributed by atoms with Crippen LogP contribution >= 0.6 is 11.6 Å². The molecule has 3 heteroatoms. The van der Waals surface area contributed by atoms with Crippen LogP contribution in [-0.4, -0.2) is 4.98 Å². The molecule has 0 radical (unpaired) electrons. The number of hydrogen-bond donors (Lipinski definition) is 0. The van der Waals surface area contributed by atoms with E-state index in [0.717, 1.165) is 10.8 Å². The van der Waals surface area contributed by atoms with Crippen LogP contribution in [0.25, 0.3) is 10.8 Å². The summed E-state index contributed by atoms with van der Waals surface area (Å²) >= 11 is 5.73. The average molecular weight is 154 g/mol. The van der Waals surface area contributed by atoms with Gasteiger partial charge in [0.15, 0.2) is 0 Å². The van der Waals surface area contributed by atoms with Crippen molar-refractivity contribution in [1.29, 1.82) is 0 Å². The van der Waals surface area contributed by atoms with Gasteiger partial charge in [-0.15, -0.1) is 0 Å². The Balaban J connectivity index is 2.95. The number of aromatic nitrogens is 1. The molecular formula is C7H4ClNO. The minimum absolute atomic E-state index is 0.492. The molecule has 0 N–H and O–H groups in total. The second kappa shape index (κ2) is 1.99. The van der Waals surface area contributed by atoms with Crippen LogP contribution in [0.2, 0.25) is 5.15 Å². The van der Waals surface area contributed by atoms with Crippen LogP contribution in [0.1, 0.15) is 0 Å². The molecule has 0 unspecified atom stereocenters. The Morgan fingerprint density at radius 1 is 1.40 bits per heavy atom. The molecule has 0 fully saturated rings. The van der Waals surface area contributed by atoms with Crippen molar-refractivity contribution in [3.05, 3.63) is 29.9 Å². The maximum Gasteiger partial charge on any atom is 0.140 e. The topological polar surface area (TPSA) is 26.0 Å². The lowest BCUT2D eigenvalue weighted by Gasteiger charge is -1.87.